The predicted octanol–water partition coefficient (Wildman–Crippen LogP) is 4.20. The van der Waals surface area contributed by atoms with Crippen molar-refractivity contribution >= 4 is 34.3 Å². The van der Waals surface area contributed by atoms with Crippen LogP contribution in [0, 0.1) is 19.7 Å². The lowest BCUT2D eigenvalue weighted by atomic mass is 10.2. The van der Waals surface area contributed by atoms with Crippen LogP contribution in [0.15, 0.2) is 35.0 Å². The highest BCUT2D eigenvalue weighted by Crippen LogP contribution is 2.22. The smallest absolute Gasteiger partial charge is 0.278 e. The second-order valence-electron chi connectivity index (χ2n) is 4.98. The van der Waals surface area contributed by atoms with E-state index in [0.717, 1.165) is 15.7 Å². The lowest BCUT2D eigenvalue weighted by Gasteiger charge is -2.21. The first-order valence-electron chi connectivity index (χ1n) is 6.93. The van der Waals surface area contributed by atoms with Crippen molar-refractivity contribution in [2.45, 2.75) is 20.4 Å². The Morgan fingerprint density at radius 2 is 1.74 bits per heavy atom. The van der Waals surface area contributed by atoms with Gasteiger partial charge in [-0.15, -0.1) is 22.7 Å². The van der Waals surface area contributed by atoms with E-state index in [4.69, 9.17) is 0 Å². The van der Waals surface area contributed by atoms with E-state index in [-0.39, 0.29) is 11.7 Å². The average Bonchev–Trinajstić information content (AvgIpc) is 3.14. The van der Waals surface area contributed by atoms with Crippen molar-refractivity contribution in [2.24, 2.45) is 0 Å². The van der Waals surface area contributed by atoms with E-state index in [9.17, 15) is 9.18 Å². The van der Waals surface area contributed by atoms with Gasteiger partial charge in [0.2, 0.25) is 0 Å². The fraction of sp³-hybridized carbons (Fsp3) is 0.188. The predicted molar refractivity (Wildman–Crippen MR) is 90.6 cm³/mol. The topological polar surface area (TPSA) is 46.1 Å². The Morgan fingerprint density at radius 1 is 1.09 bits per heavy atom. The molecule has 0 aliphatic heterocycles. The number of carbonyl (C=O) groups excluding carboxylic acids is 1. The van der Waals surface area contributed by atoms with Crippen LogP contribution in [-0.2, 0) is 6.54 Å². The first-order valence-corrected chi connectivity index (χ1v) is 8.69. The van der Waals surface area contributed by atoms with E-state index >= 15 is 0 Å². The van der Waals surface area contributed by atoms with Gasteiger partial charge in [0.15, 0.2) is 0 Å². The Kier molecular flexibility index (Phi) is 4.49. The average molecular weight is 347 g/mol. The van der Waals surface area contributed by atoms with Gasteiger partial charge in [0.05, 0.1) is 22.3 Å². The minimum Gasteiger partial charge on any atom is -0.301 e. The summed E-state index contributed by atoms with van der Waals surface area (Å²) in [6, 6.07) is 5.86. The molecule has 0 radical (unpaired) electrons. The molecule has 4 nitrogen and oxygen atoms in total. The SMILES string of the molecule is Cc1nc(CN(C(=O)c2csc(C)n2)c2ccc(F)cc2)cs1. The maximum absolute atomic E-state index is 13.2. The fourth-order valence-corrected chi connectivity index (χ4v) is 3.33. The maximum Gasteiger partial charge on any atom is 0.278 e. The summed E-state index contributed by atoms with van der Waals surface area (Å²) in [6.07, 6.45) is 0. The molecule has 0 N–H and O–H groups in total. The van der Waals surface area contributed by atoms with Gasteiger partial charge in [0.1, 0.15) is 11.5 Å². The van der Waals surface area contributed by atoms with Crippen molar-refractivity contribution in [3.05, 3.63) is 62.2 Å². The van der Waals surface area contributed by atoms with Gasteiger partial charge in [-0.25, -0.2) is 14.4 Å². The number of hydrogen-bond acceptors (Lipinski definition) is 5. The van der Waals surface area contributed by atoms with Crippen LogP contribution in [0.2, 0.25) is 0 Å². The van der Waals surface area contributed by atoms with Gasteiger partial charge < -0.3 is 4.90 Å². The molecule has 1 aromatic carbocycles. The van der Waals surface area contributed by atoms with Crippen LogP contribution >= 0.6 is 22.7 Å². The zero-order valence-corrected chi connectivity index (χ0v) is 14.2. The summed E-state index contributed by atoms with van der Waals surface area (Å²) in [4.78, 5) is 23.0. The maximum atomic E-state index is 13.2. The number of amides is 1. The molecule has 118 valence electrons. The zero-order valence-electron chi connectivity index (χ0n) is 12.6. The summed E-state index contributed by atoms with van der Waals surface area (Å²) in [5.41, 5.74) is 1.81. The van der Waals surface area contributed by atoms with E-state index < -0.39 is 0 Å². The Bertz CT molecular complexity index is 826. The van der Waals surface area contributed by atoms with Gasteiger partial charge in [-0.3, -0.25) is 4.79 Å². The van der Waals surface area contributed by atoms with E-state index in [2.05, 4.69) is 9.97 Å². The van der Waals surface area contributed by atoms with Gasteiger partial charge in [-0.2, -0.15) is 0 Å². The van der Waals surface area contributed by atoms with Crippen LogP contribution in [0.25, 0.3) is 0 Å². The number of anilines is 1. The third kappa shape index (κ3) is 3.62. The number of thiazole rings is 2. The second kappa shape index (κ2) is 6.55. The Hall–Kier alpha value is -2.12. The minimum absolute atomic E-state index is 0.216. The summed E-state index contributed by atoms with van der Waals surface area (Å²) in [5.74, 6) is -0.554. The minimum atomic E-state index is -0.338. The molecule has 0 saturated heterocycles. The molecule has 0 spiro atoms. The lowest BCUT2D eigenvalue weighted by molar-refractivity contribution is 0.0980. The van der Waals surface area contributed by atoms with Crippen LogP contribution in [0.4, 0.5) is 10.1 Å². The fourth-order valence-electron chi connectivity index (χ4n) is 2.14. The Balaban J connectivity index is 1.95. The third-order valence-electron chi connectivity index (χ3n) is 3.21. The first kappa shape index (κ1) is 15.8. The molecule has 2 heterocycles. The number of rotatable bonds is 4. The van der Waals surface area contributed by atoms with Crippen molar-refractivity contribution in [3.63, 3.8) is 0 Å². The quantitative estimate of drug-likeness (QED) is 0.710. The highest BCUT2D eigenvalue weighted by molar-refractivity contribution is 7.10. The van der Waals surface area contributed by atoms with Crippen LogP contribution in [0.5, 0.6) is 0 Å². The van der Waals surface area contributed by atoms with Crippen LogP contribution < -0.4 is 4.90 Å². The molecule has 2 aromatic heterocycles. The van der Waals surface area contributed by atoms with Gasteiger partial charge in [-0.1, -0.05) is 0 Å². The van der Waals surface area contributed by atoms with E-state index in [1.165, 1.54) is 34.8 Å². The Morgan fingerprint density at radius 3 is 2.30 bits per heavy atom. The molecular formula is C16H14FN3OS2. The molecule has 23 heavy (non-hydrogen) atoms. The molecule has 3 aromatic rings. The molecule has 0 aliphatic carbocycles. The first-order chi connectivity index (χ1) is 11.0. The third-order valence-corrected chi connectivity index (χ3v) is 4.80. The standard InChI is InChI=1S/C16H14FN3OS2/c1-10-18-13(8-22-10)7-20(14-5-3-12(17)4-6-14)16(21)15-9-23-11(2)19-15/h3-6,8-9H,7H2,1-2H3. The van der Waals surface area contributed by atoms with Crippen LogP contribution in [0.1, 0.15) is 26.2 Å². The highest BCUT2D eigenvalue weighted by atomic mass is 32.1. The molecule has 0 saturated carbocycles. The molecule has 3 rings (SSSR count). The number of hydrogen-bond donors (Lipinski definition) is 0. The summed E-state index contributed by atoms with van der Waals surface area (Å²) in [7, 11) is 0. The molecule has 0 bridgehead atoms. The summed E-state index contributed by atoms with van der Waals surface area (Å²) < 4.78 is 13.2. The number of aromatic nitrogens is 2. The molecule has 0 fully saturated rings. The number of carbonyl (C=O) groups is 1. The van der Waals surface area contributed by atoms with Crippen molar-refractivity contribution in [3.8, 4) is 0 Å². The zero-order chi connectivity index (χ0) is 16.4. The van der Waals surface area contributed by atoms with Crippen LogP contribution in [0.3, 0.4) is 0 Å². The molecule has 0 unspecified atom stereocenters. The number of benzene rings is 1. The van der Waals surface area contributed by atoms with Gasteiger partial charge in [-0.05, 0) is 38.1 Å². The monoisotopic (exact) mass is 347 g/mol. The molecular weight excluding hydrogens is 333 g/mol. The number of aryl methyl sites for hydroxylation is 2. The van der Waals surface area contributed by atoms with E-state index in [1.54, 1.807) is 22.4 Å². The van der Waals surface area contributed by atoms with E-state index in [1.807, 2.05) is 19.2 Å². The van der Waals surface area contributed by atoms with Crippen LogP contribution in [-0.4, -0.2) is 15.9 Å². The summed E-state index contributed by atoms with van der Waals surface area (Å²) >= 11 is 2.96. The largest absolute Gasteiger partial charge is 0.301 e. The molecule has 0 atom stereocenters. The number of halogens is 1. The summed E-state index contributed by atoms with van der Waals surface area (Å²) in [6.45, 7) is 4.10. The van der Waals surface area contributed by atoms with Gasteiger partial charge in [0, 0.05) is 16.4 Å². The second-order valence-corrected chi connectivity index (χ2v) is 7.10. The summed E-state index contributed by atoms with van der Waals surface area (Å²) in [5, 5.41) is 5.43. The van der Waals surface area contributed by atoms with Gasteiger partial charge in [0.25, 0.3) is 5.91 Å². The Labute approximate surface area is 141 Å². The molecule has 1 amide bonds. The molecule has 0 aliphatic rings. The van der Waals surface area contributed by atoms with Gasteiger partial charge >= 0.3 is 0 Å². The van der Waals surface area contributed by atoms with Crippen molar-refractivity contribution in [1.82, 2.24) is 9.97 Å². The van der Waals surface area contributed by atoms with Crippen molar-refractivity contribution < 1.29 is 9.18 Å². The van der Waals surface area contributed by atoms with E-state index in [0.29, 0.717) is 17.9 Å². The highest BCUT2D eigenvalue weighted by Gasteiger charge is 2.21. The van der Waals surface area contributed by atoms with Crippen molar-refractivity contribution in [2.75, 3.05) is 4.90 Å². The number of nitrogens with zero attached hydrogens (tertiary/aromatic N) is 3. The van der Waals surface area contributed by atoms with Crippen molar-refractivity contribution in [1.29, 1.82) is 0 Å². The molecule has 7 heteroatoms. The lowest BCUT2D eigenvalue weighted by Crippen LogP contribution is -2.30. The normalized spacial score (nSPS) is 10.7.